The molecule has 2 aliphatic rings. The van der Waals surface area contributed by atoms with Crippen LogP contribution in [-0.2, 0) is 30.3 Å². The lowest BCUT2D eigenvalue weighted by Gasteiger charge is -2.36. The number of phenols is 1. The standard InChI is InChI=1S/C28H33N3O8/c1-15-23(33)20(12-17-8-4-3-5-9-17)30-26(35)22(31-25(34)19-10-6-7-11-21(19)32)16(2)29-27(36)24(39-28(15)37)18-13-38-14-18/h3-11,15-16,18,20,22-24,32-33H,12-14H2,1-2H3,(H,29,36)(H,30,35)(H,31,34). The van der Waals surface area contributed by atoms with Crippen molar-refractivity contribution in [2.24, 2.45) is 11.8 Å². The van der Waals surface area contributed by atoms with Gasteiger partial charge in [0, 0.05) is 0 Å². The number of carbonyl (C=O) groups excluding carboxylic acids is 4. The molecule has 6 atom stereocenters. The smallest absolute Gasteiger partial charge is 0.312 e. The Morgan fingerprint density at radius 1 is 0.974 bits per heavy atom. The molecule has 208 valence electrons. The van der Waals surface area contributed by atoms with Crippen molar-refractivity contribution in [3.63, 3.8) is 0 Å². The van der Waals surface area contributed by atoms with E-state index in [0.29, 0.717) is 0 Å². The van der Waals surface area contributed by atoms with Crippen LogP contribution in [0.5, 0.6) is 5.75 Å². The number of aliphatic hydroxyl groups is 1. The van der Waals surface area contributed by atoms with Crippen LogP contribution in [0.3, 0.4) is 0 Å². The van der Waals surface area contributed by atoms with E-state index in [4.69, 9.17) is 9.47 Å². The highest BCUT2D eigenvalue weighted by atomic mass is 16.6. The van der Waals surface area contributed by atoms with E-state index in [-0.39, 0.29) is 30.9 Å². The van der Waals surface area contributed by atoms with Crippen molar-refractivity contribution in [1.82, 2.24) is 16.0 Å². The zero-order valence-electron chi connectivity index (χ0n) is 21.7. The summed E-state index contributed by atoms with van der Waals surface area (Å²) in [7, 11) is 0. The number of aliphatic hydroxyl groups excluding tert-OH is 1. The Morgan fingerprint density at radius 2 is 1.64 bits per heavy atom. The third-order valence-electron chi connectivity index (χ3n) is 7.10. The molecule has 2 aromatic rings. The molecule has 3 amide bonds. The monoisotopic (exact) mass is 539 g/mol. The molecule has 39 heavy (non-hydrogen) atoms. The van der Waals surface area contributed by atoms with Crippen LogP contribution in [0.2, 0.25) is 0 Å². The fourth-order valence-electron chi connectivity index (χ4n) is 4.60. The van der Waals surface area contributed by atoms with Crippen molar-refractivity contribution < 1.29 is 38.9 Å². The first kappa shape index (κ1) is 28.1. The molecule has 0 spiro atoms. The Kier molecular flexibility index (Phi) is 8.82. The van der Waals surface area contributed by atoms with Crippen molar-refractivity contribution >= 4 is 23.7 Å². The van der Waals surface area contributed by atoms with Crippen molar-refractivity contribution in [2.75, 3.05) is 13.2 Å². The first-order chi connectivity index (χ1) is 18.7. The molecule has 11 heteroatoms. The van der Waals surface area contributed by atoms with Crippen LogP contribution in [-0.4, -0.2) is 77.5 Å². The number of esters is 1. The minimum Gasteiger partial charge on any atom is -0.507 e. The van der Waals surface area contributed by atoms with Crippen LogP contribution in [0.1, 0.15) is 29.8 Å². The Hall–Kier alpha value is -3.96. The molecule has 11 nitrogen and oxygen atoms in total. The first-order valence-corrected chi connectivity index (χ1v) is 12.9. The molecule has 0 saturated carbocycles. The maximum atomic E-state index is 13.6. The summed E-state index contributed by atoms with van der Waals surface area (Å²) in [5.74, 6) is -4.59. The minimum atomic E-state index is -1.37. The summed E-state index contributed by atoms with van der Waals surface area (Å²) in [6.07, 6.45) is -2.38. The largest absolute Gasteiger partial charge is 0.507 e. The highest BCUT2D eigenvalue weighted by molar-refractivity contribution is 6.00. The summed E-state index contributed by atoms with van der Waals surface area (Å²) in [6.45, 7) is 3.41. The lowest BCUT2D eigenvalue weighted by atomic mass is 9.91. The van der Waals surface area contributed by atoms with E-state index in [1.54, 1.807) is 12.1 Å². The van der Waals surface area contributed by atoms with E-state index >= 15 is 0 Å². The van der Waals surface area contributed by atoms with Crippen LogP contribution in [0.15, 0.2) is 54.6 Å². The van der Waals surface area contributed by atoms with E-state index in [1.807, 2.05) is 30.3 Å². The van der Waals surface area contributed by atoms with Gasteiger partial charge in [0.2, 0.25) is 5.91 Å². The van der Waals surface area contributed by atoms with Gasteiger partial charge >= 0.3 is 5.97 Å². The number of hydrogen-bond acceptors (Lipinski definition) is 8. The summed E-state index contributed by atoms with van der Waals surface area (Å²) in [5.41, 5.74) is 0.748. The van der Waals surface area contributed by atoms with E-state index in [1.165, 1.54) is 26.0 Å². The normalized spacial score (nSPS) is 28.5. The van der Waals surface area contributed by atoms with Crippen molar-refractivity contribution in [3.05, 3.63) is 65.7 Å². The molecule has 0 aromatic heterocycles. The van der Waals surface area contributed by atoms with Gasteiger partial charge in [-0.2, -0.15) is 0 Å². The molecule has 2 aliphatic heterocycles. The first-order valence-electron chi connectivity index (χ1n) is 12.9. The van der Waals surface area contributed by atoms with E-state index < -0.39 is 65.9 Å². The van der Waals surface area contributed by atoms with Crippen LogP contribution in [0.4, 0.5) is 0 Å². The van der Waals surface area contributed by atoms with Gasteiger partial charge < -0.3 is 35.6 Å². The number of phenolic OH excluding ortho intramolecular Hbond substituents is 1. The van der Waals surface area contributed by atoms with Crippen LogP contribution in [0, 0.1) is 11.8 Å². The molecular weight excluding hydrogens is 506 g/mol. The van der Waals surface area contributed by atoms with Crippen molar-refractivity contribution in [1.29, 1.82) is 0 Å². The van der Waals surface area contributed by atoms with Gasteiger partial charge in [-0.25, -0.2) is 0 Å². The van der Waals surface area contributed by atoms with Crippen molar-refractivity contribution in [3.8, 4) is 5.75 Å². The molecule has 5 N–H and O–H groups in total. The highest BCUT2D eigenvalue weighted by Gasteiger charge is 2.42. The SMILES string of the molecule is CC1NC(=O)C(C2COC2)OC(=O)C(C)C(O)C(Cc2ccccc2)NC(=O)C1NC(=O)c1ccccc1O. The average Bonchev–Trinajstić information content (AvgIpc) is 2.89. The number of amides is 3. The number of rotatable bonds is 5. The Morgan fingerprint density at radius 3 is 2.28 bits per heavy atom. The molecule has 2 fully saturated rings. The fourth-order valence-corrected chi connectivity index (χ4v) is 4.60. The van der Waals surface area contributed by atoms with Gasteiger partial charge in [-0.3, -0.25) is 19.2 Å². The molecule has 0 bridgehead atoms. The zero-order valence-corrected chi connectivity index (χ0v) is 21.7. The van der Waals surface area contributed by atoms with Crippen molar-refractivity contribution in [2.45, 2.75) is 50.6 Å². The predicted octanol–water partition coefficient (Wildman–Crippen LogP) is 0.292. The molecule has 2 aromatic carbocycles. The quantitative estimate of drug-likeness (QED) is 0.339. The Labute approximate surface area is 225 Å². The summed E-state index contributed by atoms with van der Waals surface area (Å²) >= 11 is 0. The van der Waals surface area contributed by atoms with Gasteiger partial charge in [0.25, 0.3) is 11.8 Å². The van der Waals surface area contributed by atoms with Gasteiger partial charge in [0.1, 0.15) is 11.8 Å². The maximum absolute atomic E-state index is 13.6. The second-order valence-electron chi connectivity index (χ2n) is 10.0. The number of hydrogen-bond donors (Lipinski definition) is 5. The average molecular weight is 540 g/mol. The Bertz CT molecular complexity index is 1200. The molecule has 4 rings (SSSR count). The zero-order chi connectivity index (χ0) is 28.1. The topological polar surface area (TPSA) is 163 Å². The molecule has 2 saturated heterocycles. The maximum Gasteiger partial charge on any atom is 0.312 e. The molecule has 6 unspecified atom stereocenters. The third-order valence-corrected chi connectivity index (χ3v) is 7.10. The van der Waals surface area contributed by atoms with Crippen LogP contribution in [0.25, 0.3) is 0 Å². The number of ether oxygens (including phenoxy) is 2. The highest BCUT2D eigenvalue weighted by Crippen LogP contribution is 2.23. The second-order valence-corrected chi connectivity index (χ2v) is 10.0. The van der Waals surface area contributed by atoms with Gasteiger partial charge in [-0.15, -0.1) is 0 Å². The van der Waals surface area contributed by atoms with Crippen LogP contribution < -0.4 is 16.0 Å². The second kappa shape index (κ2) is 12.3. The van der Waals surface area contributed by atoms with Gasteiger partial charge in [0.05, 0.1) is 48.8 Å². The summed E-state index contributed by atoms with van der Waals surface area (Å²) in [4.78, 5) is 52.9. The summed E-state index contributed by atoms with van der Waals surface area (Å²) in [5, 5.41) is 29.4. The van der Waals surface area contributed by atoms with E-state index in [2.05, 4.69) is 16.0 Å². The number of aromatic hydroxyl groups is 1. The van der Waals surface area contributed by atoms with Gasteiger partial charge in [-0.05, 0) is 38.0 Å². The lowest BCUT2D eigenvalue weighted by molar-refractivity contribution is -0.178. The number of carbonyl (C=O) groups is 4. The predicted molar refractivity (Wildman–Crippen MR) is 138 cm³/mol. The minimum absolute atomic E-state index is 0.0529. The van der Waals surface area contributed by atoms with Crippen LogP contribution >= 0.6 is 0 Å². The lowest BCUT2D eigenvalue weighted by Crippen LogP contribution is -2.63. The molecule has 0 radical (unpaired) electrons. The number of benzene rings is 2. The Balaban J connectivity index is 1.67. The third kappa shape index (κ3) is 6.55. The number of cyclic esters (lactones) is 1. The molecule has 0 aliphatic carbocycles. The van der Waals surface area contributed by atoms with E-state index in [9.17, 15) is 29.4 Å². The fraction of sp³-hybridized carbons (Fsp3) is 0.429. The number of para-hydroxylation sites is 1. The van der Waals surface area contributed by atoms with Gasteiger partial charge in [0.15, 0.2) is 6.10 Å². The number of nitrogens with one attached hydrogen (secondary N) is 3. The summed E-state index contributed by atoms with van der Waals surface area (Å²) in [6, 6.07) is 11.8. The summed E-state index contributed by atoms with van der Waals surface area (Å²) < 4.78 is 10.8. The molecular formula is C28H33N3O8. The van der Waals surface area contributed by atoms with E-state index in [0.717, 1.165) is 5.56 Å². The van der Waals surface area contributed by atoms with Gasteiger partial charge in [-0.1, -0.05) is 42.5 Å². The molecule has 2 heterocycles.